The van der Waals surface area contributed by atoms with Crippen LogP contribution in [0.2, 0.25) is 0 Å². The predicted octanol–water partition coefficient (Wildman–Crippen LogP) is 2.29. The molecule has 2 heterocycles. The molecule has 2 aromatic rings. The van der Waals surface area contributed by atoms with Crippen molar-refractivity contribution in [1.29, 1.82) is 5.26 Å². The van der Waals surface area contributed by atoms with Crippen molar-refractivity contribution in [3.63, 3.8) is 0 Å². The van der Waals surface area contributed by atoms with E-state index in [0.717, 1.165) is 17.5 Å². The van der Waals surface area contributed by atoms with Gasteiger partial charge in [-0.15, -0.1) is 0 Å². The quantitative estimate of drug-likeness (QED) is 0.750. The third kappa shape index (κ3) is 2.67. The molecule has 0 fully saturated rings. The third-order valence-electron chi connectivity index (χ3n) is 2.41. The normalized spacial score (nSPS) is 10.1. The summed E-state index contributed by atoms with van der Waals surface area (Å²) in [6.45, 7) is 1.95. The maximum absolute atomic E-state index is 8.44. The summed E-state index contributed by atoms with van der Waals surface area (Å²) in [5.41, 5.74) is 1.94. The van der Waals surface area contributed by atoms with Crippen LogP contribution >= 0.6 is 0 Å². The van der Waals surface area contributed by atoms with Crippen LogP contribution in [-0.4, -0.2) is 15.1 Å². The van der Waals surface area contributed by atoms with Gasteiger partial charge in [0.2, 0.25) is 11.7 Å². The Morgan fingerprint density at radius 1 is 1.47 bits per heavy atom. The molecule has 0 amide bonds. The highest BCUT2D eigenvalue weighted by Crippen LogP contribution is 2.19. The average molecular weight is 228 g/mol. The van der Waals surface area contributed by atoms with E-state index in [0.29, 0.717) is 24.6 Å². The van der Waals surface area contributed by atoms with Crippen molar-refractivity contribution < 1.29 is 4.52 Å². The molecule has 0 N–H and O–H groups in total. The number of aromatic nitrogens is 3. The highest BCUT2D eigenvalue weighted by molar-refractivity contribution is 5.57. The van der Waals surface area contributed by atoms with Crippen molar-refractivity contribution in [2.24, 2.45) is 0 Å². The first-order valence-corrected chi connectivity index (χ1v) is 5.42. The monoisotopic (exact) mass is 228 g/mol. The Morgan fingerprint density at radius 3 is 3.12 bits per heavy atom. The summed E-state index contributed by atoms with van der Waals surface area (Å²) in [5, 5.41) is 12.4. The van der Waals surface area contributed by atoms with Gasteiger partial charge in [0.15, 0.2) is 0 Å². The van der Waals surface area contributed by atoms with Gasteiger partial charge in [-0.3, -0.25) is 4.98 Å². The summed E-state index contributed by atoms with van der Waals surface area (Å²) in [5.74, 6) is 1.16. The van der Waals surface area contributed by atoms with Crippen molar-refractivity contribution in [2.75, 3.05) is 0 Å². The van der Waals surface area contributed by atoms with Gasteiger partial charge in [0, 0.05) is 30.8 Å². The van der Waals surface area contributed by atoms with E-state index in [2.05, 4.69) is 21.2 Å². The lowest BCUT2D eigenvalue weighted by molar-refractivity contribution is 0.376. The van der Waals surface area contributed by atoms with E-state index in [1.807, 2.05) is 13.0 Å². The van der Waals surface area contributed by atoms with Gasteiger partial charge in [-0.1, -0.05) is 5.16 Å². The minimum atomic E-state index is 0.506. The predicted molar refractivity (Wildman–Crippen MR) is 60.8 cm³/mol. The van der Waals surface area contributed by atoms with Crippen LogP contribution in [0.15, 0.2) is 23.0 Å². The van der Waals surface area contributed by atoms with Crippen LogP contribution in [0, 0.1) is 18.3 Å². The molecule has 0 aliphatic rings. The molecular formula is C12H12N4O. The van der Waals surface area contributed by atoms with E-state index in [9.17, 15) is 0 Å². The molecule has 5 nitrogen and oxygen atoms in total. The first-order chi connectivity index (χ1) is 8.31. The second kappa shape index (κ2) is 5.21. The number of aryl methyl sites for hydroxylation is 2. The minimum absolute atomic E-state index is 0.506. The zero-order valence-electron chi connectivity index (χ0n) is 9.55. The summed E-state index contributed by atoms with van der Waals surface area (Å²) < 4.78 is 5.13. The van der Waals surface area contributed by atoms with Crippen LogP contribution in [-0.2, 0) is 6.42 Å². The molecule has 2 aromatic heterocycles. The molecule has 0 bridgehead atoms. The lowest BCUT2D eigenvalue weighted by Gasteiger charge is -1.97. The second-order valence-electron chi connectivity index (χ2n) is 3.71. The molecule has 0 atom stereocenters. The smallest absolute Gasteiger partial charge is 0.226 e. The number of hydrogen-bond donors (Lipinski definition) is 0. The van der Waals surface area contributed by atoms with Gasteiger partial charge in [-0.2, -0.15) is 10.2 Å². The van der Waals surface area contributed by atoms with Gasteiger partial charge < -0.3 is 4.52 Å². The first kappa shape index (κ1) is 11.3. The minimum Gasteiger partial charge on any atom is -0.339 e. The highest BCUT2D eigenvalue weighted by atomic mass is 16.5. The number of rotatable bonds is 4. The van der Waals surface area contributed by atoms with Crippen molar-refractivity contribution in [1.82, 2.24) is 15.1 Å². The van der Waals surface area contributed by atoms with Crippen LogP contribution in [0.4, 0.5) is 0 Å². The van der Waals surface area contributed by atoms with Crippen molar-refractivity contribution >= 4 is 0 Å². The molecule has 0 aliphatic heterocycles. The van der Waals surface area contributed by atoms with Gasteiger partial charge in [-0.05, 0) is 25.0 Å². The second-order valence-corrected chi connectivity index (χ2v) is 3.71. The fraction of sp³-hybridized carbons (Fsp3) is 0.333. The fourth-order valence-corrected chi connectivity index (χ4v) is 1.51. The van der Waals surface area contributed by atoms with E-state index in [1.165, 1.54) is 0 Å². The van der Waals surface area contributed by atoms with Crippen molar-refractivity contribution in [3.05, 3.63) is 29.9 Å². The molecular weight excluding hydrogens is 216 g/mol. The molecule has 2 rings (SSSR count). The van der Waals surface area contributed by atoms with Crippen LogP contribution in [0.3, 0.4) is 0 Å². The lowest BCUT2D eigenvalue weighted by atomic mass is 10.1. The van der Waals surface area contributed by atoms with E-state index in [1.54, 1.807) is 12.4 Å². The van der Waals surface area contributed by atoms with E-state index >= 15 is 0 Å². The van der Waals surface area contributed by atoms with E-state index < -0.39 is 0 Å². The van der Waals surface area contributed by atoms with E-state index in [4.69, 9.17) is 9.78 Å². The number of pyridine rings is 1. The Balaban J connectivity index is 2.14. The Bertz CT molecular complexity index is 541. The third-order valence-corrected chi connectivity index (χ3v) is 2.41. The molecule has 0 saturated heterocycles. The Kier molecular flexibility index (Phi) is 3.46. The van der Waals surface area contributed by atoms with Gasteiger partial charge in [0.1, 0.15) is 0 Å². The molecule has 17 heavy (non-hydrogen) atoms. The number of hydrogen-bond acceptors (Lipinski definition) is 5. The molecule has 0 unspecified atom stereocenters. The van der Waals surface area contributed by atoms with Crippen molar-refractivity contribution in [2.45, 2.75) is 26.2 Å². The maximum Gasteiger partial charge on any atom is 0.226 e. The molecule has 0 spiro atoms. The van der Waals surface area contributed by atoms with Crippen molar-refractivity contribution in [3.8, 4) is 17.5 Å². The van der Waals surface area contributed by atoms with Crippen LogP contribution in [0.1, 0.15) is 24.3 Å². The summed E-state index contributed by atoms with van der Waals surface area (Å²) in [4.78, 5) is 8.31. The molecule has 0 saturated carbocycles. The largest absolute Gasteiger partial charge is 0.339 e. The molecule has 5 heteroatoms. The van der Waals surface area contributed by atoms with E-state index in [-0.39, 0.29) is 0 Å². The van der Waals surface area contributed by atoms with Crippen LogP contribution in [0.5, 0.6) is 0 Å². The molecule has 0 radical (unpaired) electrons. The summed E-state index contributed by atoms with van der Waals surface area (Å²) >= 11 is 0. The average Bonchev–Trinajstić information content (AvgIpc) is 2.79. The maximum atomic E-state index is 8.44. The van der Waals surface area contributed by atoms with Crippen LogP contribution in [0.25, 0.3) is 11.4 Å². The fourth-order valence-electron chi connectivity index (χ4n) is 1.51. The molecule has 0 aromatic carbocycles. The molecule has 0 aliphatic carbocycles. The van der Waals surface area contributed by atoms with Gasteiger partial charge in [-0.25, -0.2) is 0 Å². The highest BCUT2D eigenvalue weighted by Gasteiger charge is 2.10. The SMILES string of the molecule is Cc1cnccc1-c1noc(CCCC#N)n1. The topological polar surface area (TPSA) is 75.6 Å². The standard InChI is InChI=1S/C12H12N4O/c1-9-8-14-7-5-10(9)12-15-11(17-16-12)4-2-3-6-13/h5,7-8H,2-4H2,1H3. The van der Waals surface area contributed by atoms with Gasteiger partial charge in [0.05, 0.1) is 6.07 Å². The number of nitrogens with zero attached hydrogens (tertiary/aromatic N) is 4. The van der Waals surface area contributed by atoms with Gasteiger partial charge in [0.25, 0.3) is 0 Å². The number of unbranched alkanes of at least 4 members (excludes halogenated alkanes) is 1. The summed E-state index contributed by atoms with van der Waals surface area (Å²) in [6.07, 6.45) is 5.36. The summed E-state index contributed by atoms with van der Waals surface area (Å²) in [6, 6.07) is 3.95. The summed E-state index contributed by atoms with van der Waals surface area (Å²) in [7, 11) is 0. The van der Waals surface area contributed by atoms with Gasteiger partial charge >= 0.3 is 0 Å². The molecule has 86 valence electrons. The zero-order chi connectivity index (χ0) is 12.1. The Labute approximate surface area is 99.1 Å². The first-order valence-electron chi connectivity index (χ1n) is 5.42. The van der Waals surface area contributed by atoms with Crippen LogP contribution < -0.4 is 0 Å². The number of nitriles is 1. The Hall–Kier alpha value is -2.22. The Morgan fingerprint density at radius 2 is 2.35 bits per heavy atom. The zero-order valence-corrected chi connectivity index (χ0v) is 9.55. The lowest BCUT2D eigenvalue weighted by Crippen LogP contribution is -1.88.